The fourth-order valence-corrected chi connectivity index (χ4v) is 2.32. The molecule has 1 rings (SSSR count). The van der Waals surface area contributed by atoms with Crippen molar-refractivity contribution < 1.29 is 9.53 Å². The molecule has 1 N–H and O–H groups in total. The van der Waals surface area contributed by atoms with Crippen molar-refractivity contribution in [2.24, 2.45) is 0 Å². The van der Waals surface area contributed by atoms with Gasteiger partial charge in [-0.25, -0.2) is 0 Å². The minimum Gasteiger partial charge on any atom is -0.497 e. The van der Waals surface area contributed by atoms with Crippen LogP contribution in [0.3, 0.4) is 0 Å². The third-order valence-corrected chi connectivity index (χ3v) is 3.36. The van der Waals surface area contributed by atoms with Gasteiger partial charge in [0.1, 0.15) is 5.75 Å². The number of hydrogen-bond acceptors (Lipinski definition) is 3. The Hall–Kier alpha value is -0.870. The zero-order chi connectivity index (χ0) is 12.0. The molecule has 16 heavy (non-hydrogen) atoms. The van der Waals surface area contributed by atoms with E-state index in [1.807, 2.05) is 12.1 Å². The predicted octanol–water partition coefficient (Wildman–Crippen LogP) is 2.33. The van der Waals surface area contributed by atoms with Gasteiger partial charge in [-0.2, -0.15) is 0 Å². The van der Waals surface area contributed by atoms with Gasteiger partial charge in [0, 0.05) is 17.8 Å². The van der Waals surface area contributed by atoms with Gasteiger partial charge in [0.15, 0.2) is 0 Å². The molecule has 0 aliphatic carbocycles. The van der Waals surface area contributed by atoms with Gasteiger partial charge in [-0.15, -0.1) is 11.8 Å². The molecule has 0 aromatic heterocycles. The molecule has 0 saturated carbocycles. The zero-order valence-corrected chi connectivity index (χ0v) is 10.8. The molecule has 0 spiro atoms. The summed E-state index contributed by atoms with van der Waals surface area (Å²) < 4.78 is 5.05. The van der Waals surface area contributed by atoms with Gasteiger partial charge in [-0.05, 0) is 17.7 Å². The van der Waals surface area contributed by atoms with Crippen molar-refractivity contribution in [3.63, 3.8) is 0 Å². The number of thioether (sulfide) groups is 1. The lowest BCUT2D eigenvalue weighted by Crippen LogP contribution is -2.19. The summed E-state index contributed by atoms with van der Waals surface area (Å²) in [5, 5.41) is 3.24. The van der Waals surface area contributed by atoms with Crippen LogP contribution in [0, 0.1) is 0 Å². The van der Waals surface area contributed by atoms with Gasteiger partial charge in [0.25, 0.3) is 0 Å². The van der Waals surface area contributed by atoms with Crippen molar-refractivity contribution in [2.45, 2.75) is 5.75 Å². The Bertz CT molecular complexity index is 371. The Morgan fingerprint density at radius 3 is 2.88 bits per heavy atom. The lowest BCUT2D eigenvalue weighted by atomic mass is 10.2. The zero-order valence-electron chi connectivity index (χ0n) is 9.25. The van der Waals surface area contributed by atoms with Gasteiger partial charge in [0.05, 0.1) is 12.9 Å². The SMILES string of the molecule is CNC(=O)CSCc1ccc(OC)cc1Cl. The van der Waals surface area contributed by atoms with Crippen LogP contribution in [0.4, 0.5) is 0 Å². The van der Waals surface area contributed by atoms with E-state index in [0.29, 0.717) is 10.8 Å². The monoisotopic (exact) mass is 259 g/mol. The summed E-state index contributed by atoms with van der Waals surface area (Å²) in [6.45, 7) is 0. The Morgan fingerprint density at radius 2 is 2.31 bits per heavy atom. The van der Waals surface area contributed by atoms with Crippen molar-refractivity contribution in [3.05, 3.63) is 28.8 Å². The molecule has 1 aromatic rings. The van der Waals surface area contributed by atoms with Gasteiger partial charge < -0.3 is 10.1 Å². The lowest BCUT2D eigenvalue weighted by molar-refractivity contribution is -0.118. The van der Waals surface area contributed by atoms with Crippen LogP contribution in [-0.4, -0.2) is 25.8 Å². The van der Waals surface area contributed by atoms with Crippen LogP contribution in [0.15, 0.2) is 18.2 Å². The first-order valence-corrected chi connectivity index (χ1v) is 6.31. The number of amides is 1. The average Bonchev–Trinajstić information content (AvgIpc) is 2.30. The molecular weight excluding hydrogens is 246 g/mol. The summed E-state index contributed by atoms with van der Waals surface area (Å²) in [6, 6.07) is 5.55. The first-order valence-electron chi connectivity index (χ1n) is 4.78. The van der Waals surface area contributed by atoms with Gasteiger partial charge in [-0.1, -0.05) is 17.7 Å². The summed E-state index contributed by atoms with van der Waals surface area (Å²) in [5.74, 6) is 1.93. The van der Waals surface area contributed by atoms with Crippen LogP contribution in [-0.2, 0) is 10.5 Å². The fourth-order valence-electron chi connectivity index (χ4n) is 1.10. The van der Waals surface area contributed by atoms with Gasteiger partial charge in [-0.3, -0.25) is 4.79 Å². The maximum Gasteiger partial charge on any atom is 0.229 e. The summed E-state index contributed by atoms with van der Waals surface area (Å²) in [5.41, 5.74) is 1.01. The van der Waals surface area contributed by atoms with Gasteiger partial charge >= 0.3 is 0 Å². The summed E-state index contributed by atoms with van der Waals surface area (Å²) in [7, 11) is 3.23. The molecule has 0 radical (unpaired) electrons. The number of hydrogen-bond donors (Lipinski definition) is 1. The second-order valence-electron chi connectivity index (χ2n) is 3.12. The van der Waals surface area contributed by atoms with E-state index in [-0.39, 0.29) is 5.91 Å². The summed E-state index contributed by atoms with van der Waals surface area (Å²) in [4.78, 5) is 11.0. The third kappa shape index (κ3) is 3.94. The minimum absolute atomic E-state index is 0.0228. The lowest BCUT2D eigenvalue weighted by Gasteiger charge is -2.06. The number of ether oxygens (including phenoxy) is 1. The summed E-state index contributed by atoms with van der Waals surface area (Å²) >= 11 is 7.59. The Balaban J connectivity index is 2.51. The number of carbonyl (C=O) groups excluding carboxylic acids is 1. The van der Waals surface area contributed by atoms with Crippen LogP contribution < -0.4 is 10.1 Å². The Kier molecular flexibility index (Phi) is 5.49. The van der Waals surface area contributed by atoms with Crippen LogP contribution >= 0.6 is 23.4 Å². The smallest absolute Gasteiger partial charge is 0.229 e. The number of methoxy groups -OCH3 is 1. The molecular formula is C11H14ClNO2S. The normalized spacial score (nSPS) is 9.94. The average molecular weight is 260 g/mol. The quantitative estimate of drug-likeness (QED) is 0.882. The Morgan fingerprint density at radius 1 is 1.56 bits per heavy atom. The van der Waals surface area contributed by atoms with Crippen LogP contribution in [0.5, 0.6) is 5.75 Å². The van der Waals surface area contributed by atoms with Crippen LogP contribution in [0.2, 0.25) is 5.02 Å². The van der Waals surface area contributed by atoms with Crippen molar-refractivity contribution in [1.82, 2.24) is 5.32 Å². The van der Waals surface area contributed by atoms with Crippen LogP contribution in [0.1, 0.15) is 5.56 Å². The second-order valence-corrected chi connectivity index (χ2v) is 4.52. The largest absolute Gasteiger partial charge is 0.497 e. The van der Waals surface area contributed by atoms with E-state index in [9.17, 15) is 4.79 Å². The van der Waals surface area contributed by atoms with Crippen LogP contribution in [0.25, 0.3) is 0 Å². The minimum atomic E-state index is 0.0228. The predicted molar refractivity (Wildman–Crippen MR) is 68.2 cm³/mol. The van der Waals surface area contributed by atoms with Crippen molar-refractivity contribution >= 4 is 29.3 Å². The molecule has 0 unspecified atom stereocenters. The first-order chi connectivity index (χ1) is 7.67. The van der Waals surface area contributed by atoms with E-state index in [4.69, 9.17) is 16.3 Å². The highest BCUT2D eigenvalue weighted by atomic mass is 35.5. The highest BCUT2D eigenvalue weighted by Crippen LogP contribution is 2.25. The van der Waals surface area contributed by atoms with Crippen molar-refractivity contribution in [2.75, 3.05) is 19.9 Å². The number of benzene rings is 1. The topological polar surface area (TPSA) is 38.3 Å². The Labute approximate surface area is 105 Å². The first kappa shape index (κ1) is 13.2. The highest BCUT2D eigenvalue weighted by molar-refractivity contribution is 7.99. The van der Waals surface area contributed by atoms with Gasteiger partial charge in [0.2, 0.25) is 5.91 Å². The van der Waals surface area contributed by atoms with E-state index in [0.717, 1.165) is 17.1 Å². The molecule has 0 bridgehead atoms. The molecule has 0 aliphatic rings. The van der Waals surface area contributed by atoms with E-state index < -0.39 is 0 Å². The molecule has 0 atom stereocenters. The molecule has 0 saturated heterocycles. The third-order valence-electron chi connectivity index (χ3n) is 2.03. The number of nitrogens with one attached hydrogen (secondary N) is 1. The van der Waals surface area contributed by atoms with E-state index in [1.54, 1.807) is 20.2 Å². The van der Waals surface area contributed by atoms with Crippen molar-refractivity contribution in [3.8, 4) is 5.75 Å². The van der Waals surface area contributed by atoms with E-state index in [2.05, 4.69) is 5.32 Å². The number of carbonyl (C=O) groups is 1. The number of halogens is 1. The maximum absolute atomic E-state index is 11.0. The fraction of sp³-hybridized carbons (Fsp3) is 0.364. The molecule has 0 fully saturated rings. The van der Waals surface area contributed by atoms with E-state index in [1.165, 1.54) is 11.8 Å². The molecule has 3 nitrogen and oxygen atoms in total. The molecule has 0 heterocycles. The summed E-state index contributed by atoms with van der Waals surface area (Å²) in [6.07, 6.45) is 0. The van der Waals surface area contributed by atoms with E-state index >= 15 is 0 Å². The molecule has 1 amide bonds. The second kappa shape index (κ2) is 6.66. The molecule has 88 valence electrons. The molecule has 5 heteroatoms. The van der Waals surface area contributed by atoms with Crippen molar-refractivity contribution in [1.29, 1.82) is 0 Å². The standard InChI is InChI=1S/C11H14ClNO2S/c1-13-11(14)7-16-6-8-3-4-9(15-2)5-10(8)12/h3-5H,6-7H2,1-2H3,(H,13,14). The molecule has 1 aromatic carbocycles. The highest BCUT2D eigenvalue weighted by Gasteiger charge is 2.04. The number of rotatable bonds is 5. The maximum atomic E-state index is 11.0. The molecule has 0 aliphatic heterocycles.